The molecule has 0 atom stereocenters. The lowest BCUT2D eigenvalue weighted by atomic mass is 9.99. The molecule has 1 aromatic carbocycles. The number of halogens is 1. The van der Waals surface area contributed by atoms with Gasteiger partial charge in [-0.15, -0.1) is 0 Å². The Kier molecular flexibility index (Phi) is 4.01. The Morgan fingerprint density at radius 3 is 2.86 bits per heavy atom. The van der Waals surface area contributed by atoms with Gasteiger partial charge in [0.1, 0.15) is 0 Å². The third kappa shape index (κ3) is 2.97. The van der Waals surface area contributed by atoms with Gasteiger partial charge in [-0.2, -0.15) is 5.10 Å². The molecule has 0 aliphatic carbocycles. The maximum absolute atomic E-state index is 12.6. The Labute approximate surface area is 138 Å². The fourth-order valence-corrected chi connectivity index (χ4v) is 3.08. The number of aromatic nitrogens is 2. The molecule has 5 heteroatoms. The Balaban J connectivity index is 1.79. The standard InChI is InChI=1S/C16H18IN3O/c1-11(2)20-8-6-14(18-20)10-19-7-5-12-3-4-13(17)9-15(12)16(19)21/h3-4,6,8-9,11H,5,7,10H2,1-2H3. The quantitative estimate of drug-likeness (QED) is 0.749. The summed E-state index contributed by atoms with van der Waals surface area (Å²) < 4.78 is 3.03. The monoisotopic (exact) mass is 395 g/mol. The van der Waals surface area contributed by atoms with Gasteiger partial charge in [0, 0.05) is 27.9 Å². The van der Waals surface area contributed by atoms with E-state index in [9.17, 15) is 4.79 Å². The van der Waals surface area contributed by atoms with Crippen LogP contribution in [0.2, 0.25) is 0 Å². The number of carbonyl (C=O) groups is 1. The van der Waals surface area contributed by atoms with Crippen LogP contribution in [0.1, 0.15) is 41.5 Å². The highest BCUT2D eigenvalue weighted by molar-refractivity contribution is 14.1. The summed E-state index contributed by atoms with van der Waals surface area (Å²) in [6, 6.07) is 8.46. The first-order valence-electron chi connectivity index (χ1n) is 7.16. The average Bonchev–Trinajstić information content (AvgIpc) is 2.91. The van der Waals surface area contributed by atoms with Gasteiger partial charge in [0.2, 0.25) is 0 Å². The summed E-state index contributed by atoms with van der Waals surface area (Å²) in [6.45, 7) is 5.55. The third-order valence-corrected chi connectivity index (χ3v) is 4.46. The highest BCUT2D eigenvalue weighted by Gasteiger charge is 2.25. The topological polar surface area (TPSA) is 38.1 Å². The number of amides is 1. The summed E-state index contributed by atoms with van der Waals surface area (Å²) in [7, 11) is 0. The molecule has 1 amide bonds. The van der Waals surface area contributed by atoms with Crippen molar-refractivity contribution < 1.29 is 4.79 Å². The number of rotatable bonds is 3. The summed E-state index contributed by atoms with van der Waals surface area (Å²) >= 11 is 2.25. The Bertz CT molecular complexity index is 678. The van der Waals surface area contributed by atoms with E-state index in [2.05, 4.69) is 53.7 Å². The Hall–Kier alpha value is -1.37. The highest BCUT2D eigenvalue weighted by atomic mass is 127. The molecule has 1 aromatic heterocycles. The zero-order chi connectivity index (χ0) is 15.0. The van der Waals surface area contributed by atoms with Gasteiger partial charge in [0.15, 0.2) is 0 Å². The van der Waals surface area contributed by atoms with Crippen molar-refractivity contribution in [3.05, 3.63) is 50.9 Å². The number of carbonyl (C=O) groups excluding carboxylic acids is 1. The van der Waals surface area contributed by atoms with Crippen molar-refractivity contribution in [2.24, 2.45) is 0 Å². The van der Waals surface area contributed by atoms with Crippen LogP contribution in [-0.4, -0.2) is 27.1 Å². The minimum absolute atomic E-state index is 0.119. The fourth-order valence-electron chi connectivity index (χ4n) is 2.59. The number of benzene rings is 1. The molecule has 110 valence electrons. The second kappa shape index (κ2) is 5.79. The molecule has 0 N–H and O–H groups in total. The SMILES string of the molecule is CC(C)n1ccc(CN2CCc3ccc(I)cc3C2=O)n1. The van der Waals surface area contributed by atoms with Crippen LogP contribution in [0.15, 0.2) is 30.5 Å². The van der Waals surface area contributed by atoms with Gasteiger partial charge in [-0.1, -0.05) is 6.07 Å². The summed E-state index contributed by atoms with van der Waals surface area (Å²) in [4.78, 5) is 14.5. The van der Waals surface area contributed by atoms with Gasteiger partial charge < -0.3 is 4.90 Å². The van der Waals surface area contributed by atoms with Crippen LogP contribution in [0.3, 0.4) is 0 Å². The van der Waals surface area contributed by atoms with Crippen LogP contribution in [0.4, 0.5) is 0 Å². The molecular weight excluding hydrogens is 377 g/mol. The number of hydrogen-bond donors (Lipinski definition) is 0. The molecule has 3 rings (SSSR count). The lowest BCUT2D eigenvalue weighted by Gasteiger charge is -2.28. The minimum Gasteiger partial charge on any atom is -0.332 e. The molecule has 0 radical (unpaired) electrons. The zero-order valence-electron chi connectivity index (χ0n) is 12.2. The van der Waals surface area contributed by atoms with Gasteiger partial charge in [-0.25, -0.2) is 0 Å². The predicted octanol–water partition coefficient (Wildman–Crippen LogP) is 3.27. The highest BCUT2D eigenvalue weighted by Crippen LogP contribution is 2.22. The normalized spacial score (nSPS) is 14.7. The van der Waals surface area contributed by atoms with Crippen molar-refractivity contribution in [1.82, 2.24) is 14.7 Å². The first kappa shape index (κ1) is 14.6. The van der Waals surface area contributed by atoms with E-state index in [4.69, 9.17) is 0 Å². The molecule has 0 unspecified atom stereocenters. The molecule has 0 bridgehead atoms. The van der Waals surface area contributed by atoms with Crippen LogP contribution in [0.25, 0.3) is 0 Å². The molecule has 1 aliphatic heterocycles. The van der Waals surface area contributed by atoms with Crippen molar-refractivity contribution in [3.8, 4) is 0 Å². The first-order chi connectivity index (χ1) is 10.0. The summed E-state index contributed by atoms with van der Waals surface area (Å²) in [5.41, 5.74) is 2.95. The molecule has 0 saturated carbocycles. The van der Waals surface area contributed by atoms with E-state index < -0.39 is 0 Å². The number of fused-ring (bicyclic) bond motifs is 1. The molecule has 0 spiro atoms. The van der Waals surface area contributed by atoms with Gasteiger partial charge in [-0.05, 0) is 66.6 Å². The van der Waals surface area contributed by atoms with Crippen molar-refractivity contribution in [2.45, 2.75) is 32.9 Å². The maximum atomic E-state index is 12.6. The average molecular weight is 395 g/mol. The maximum Gasteiger partial charge on any atom is 0.254 e. The van der Waals surface area contributed by atoms with Crippen LogP contribution < -0.4 is 0 Å². The van der Waals surface area contributed by atoms with Crippen LogP contribution in [-0.2, 0) is 13.0 Å². The van der Waals surface area contributed by atoms with Crippen molar-refractivity contribution >= 4 is 28.5 Å². The van der Waals surface area contributed by atoms with E-state index in [0.717, 1.165) is 33.4 Å². The molecule has 1 aliphatic rings. The molecule has 2 aromatic rings. The number of hydrogen-bond acceptors (Lipinski definition) is 2. The van der Waals surface area contributed by atoms with E-state index in [0.29, 0.717) is 12.6 Å². The molecule has 21 heavy (non-hydrogen) atoms. The second-order valence-electron chi connectivity index (χ2n) is 5.66. The van der Waals surface area contributed by atoms with E-state index in [1.54, 1.807) is 0 Å². The fraction of sp³-hybridized carbons (Fsp3) is 0.375. The predicted molar refractivity (Wildman–Crippen MR) is 90.2 cm³/mol. The largest absolute Gasteiger partial charge is 0.332 e. The van der Waals surface area contributed by atoms with Crippen LogP contribution >= 0.6 is 22.6 Å². The lowest BCUT2D eigenvalue weighted by Crippen LogP contribution is -2.37. The zero-order valence-corrected chi connectivity index (χ0v) is 14.4. The van der Waals surface area contributed by atoms with Crippen molar-refractivity contribution in [2.75, 3.05) is 6.54 Å². The Morgan fingerprint density at radius 2 is 2.14 bits per heavy atom. The molecule has 0 saturated heterocycles. The second-order valence-corrected chi connectivity index (χ2v) is 6.90. The minimum atomic E-state index is 0.119. The third-order valence-electron chi connectivity index (χ3n) is 3.79. The van der Waals surface area contributed by atoms with E-state index in [-0.39, 0.29) is 5.91 Å². The summed E-state index contributed by atoms with van der Waals surface area (Å²) in [5, 5.41) is 4.53. The van der Waals surface area contributed by atoms with E-state index >= 15 is 0 Å². The number of nitrogens with zero attached hydrogens (tertiary/aromatic N) is 3. The van der Waals surface area contributed by atoms with Crippen molar-refractivity contribution in [3.63, 3.8) is 0 Å². The lowest BCUT2D eigenvalue weighted by molar-refractivity contribution is 0.0724. The van der Waals surface area contributed by atoms with Gasteiger partial charge in [-0.3, -0.25) is 9.48 Å². The van der Waals surface area contributed by atoms with Crippen molar-refractivity contribution in [1.29, 1.82) is 0 Å². The molecule has 2 heterocycles. The van der Waals surface area contributed by atoms with Crippen LogP contribution in [0.5, 0.6) is 0 Å². The Morgan fingerprint density at radius 1 is 1.33 bits per heavy atom. The summed E-state index contributed by atoms with van der Waals surface area (Å²) in [5.74, 6) is 0.119. The van der Waals surface area contributed by atoms with Gasteiger partial charge >= 0.3 is 0 Å². The molecule has 0 fully saturated rings. The summed E-state index contributed by atoms with van der Waals surface area (Å²) in [6.07, 6.45) is 2.90. The van der Waals surface area contributed by atoms with Crippen LogP contribution in [0, 0.1) is 3.57 Å². The first-order valence-corrected chi connectivity index (χ1v) is 8.24. The van der Waals surface area contributed by atoms with Gasteiger partial charge in [0.25, 0.3) is 5.91 Å². The smallest absolute Gasteiger partial charge is 0.254 e. The van der Waals surface area contributed by atoms with E-state index in [1.807, 2.05) is 27.9 Å². The molecule has 4 nitrogen and oxygen atoms in total. The van der Waals surface area contributed by atoms with Gasteiger partial charge in [0.05, 0.1) is 12.2 Å². The molecular formula is C16H18IN3O. The van der Waals surface area contributed by atoms with E-state index in [1.165, 1.54) is 0 Å².